The van der Waals surface area contributed by atoms with Crippen LogP contribution in [0.3, 0.4) is 0 Å². The lowest BCUT2D eigenvalue weighted by Gasteiger charge is -2.36. The third-order valence-electron chi connectivity index (χ3n) is 10.0. The van der Waals surface area contributed by atoms with E-state index in [-0.39, 0.29) is 6.04 Å². The Morgan fingerprint density at radius 1 is 0.554 bits per heavy atom. The molecule has 7 nitrogen and oxygen atoms in total. The van der Waals surface area contributed by atoms with Gasteiger partial charge in [-0.15, -0.1) is 0 Å². The van der Waals surface area contributed by atoms with Gasteiger partial charge in [0.25, 0.3) is 0 Å². The summed E-state index contributed by atoms with van der Waals surface area (Å²) in [6.45, 7) is 4.70. The number of nitrogens with one attached hydrogen (secondary N) is 1. The maximum atomic E-state index is 11.8. The Labute approximate surface area is 348 Å². The van der Waals surface area contributed by atoms with Gasteiger partial charge < -0.3 is 19.1 Å². The van der Waals surface area contributed by atoms with Gasteiger partial charge in [0.15, 0.2) is 0 Å². The normalized spacial score (nSPS) is 12.9. The Balaban J connectivity index is 1.18. The molecule has 0 spiro atoms. The third-order valence-corrected chi connectivity index (χ3v) is 14.0. The minimum atomic E-state index is -3.63. The Morgan fingerprint density at radius 2 is 0.929 bits per heavy atom. The Bertz CT molecular complexity index is 1400. The average molecular weight is 830 g/mol. The lowest BCUT2D eigenvalue weighted by atomic mass is 9.80. The van der Waals surface area contributed by atoms with Crippen LogP contribution in [0.2, 0.25) is 0 Å². The maximum Gasteiger partial charge on any atom is 0.403 e. The molecule has 3 rings (SSSR count). The predicted octanol–water partition coefficient (Wildman–Crippen LogP) is 13.5. The summed E-state index contributed by atoms with van der Waals surface area (Å²) in [6.07, 6.45) is 22.4. The molecular weight excluding hydrogens is 758 g/mol. The molecule has 0 aliphatic rings. The predicted molar refractivity (Wildman–Crippen MR) is 240 cm³/mol. The number of ether oxygens (including phenoxy) is 3. The molecule has 0 saturated carbocycles. The molecule has 0 aliphatic heterocycles. The summed E-state index contributed by atoms with van der Waals surface area (Å²) in [5, 5.41) is 2.58. The van der Waals surface area contributed by atoms with Gasteiger partial charge in [0.1, 0.15) is 17.1 Å². The van der Waals surface area contributed by atoms with E-state index in [2.05, 4.69) is 81.3 Å². The zero-order chi connectivity index (χ0) is 40.2. The second-order valence-corrected chi connectivity index (χ2v) is 19.3. The average Bonchev–Trinajstić information content (AvgIpc) is 3.20. The van der Waals surface area contributed by atoms with Crippen LogP contribution in [0, 0.1) is 0 Å². The van der Waals surface area contributed by atoms with Crippen molar-refractivity contribution in [3.63, 3.8) is 0 Å². The number of benzene rings is 3. The molecule has 3 aromatic carbocycles. The molecule has 314 valence electrons. The van der Waals surface area contributed by atoms with Crippen LogP contribution in [-0.4, -0.2) is 49.9 Å². The van der Waals surface area contributed by atoms with E-state index >= 15 is 0 Å². The summed E-state index contributed by atoms with van der Waals surface area (Å²) >= 11 is 0. The minimum absolute atomic E-state index is 0.0646. The van der Waals surface area contributed by atoms with Gasteiger partial charge in [0.05, 0.1) is 20.8 Å². The molecule has 0 amide bonds. The van der Waals surface area contributed by atoms with Crippen molar-refractivity contribution >= 4 is 29.3 Å². The van der Waals surface area contributed by atoms with Gasteiger partial charge in [-0.1, -0.05) is 166 Å². The summed E-state index contributed by atoms with van der Waals surface area (Å²) in [6, 6.07) is 27.0. The van der Waals surface area contributed by atoms with Gasteiger partial charge in [-0.25, -0.2) is 9.65 Å². The fourth-order valence-electron chi connectivity index (χ4n) is 6.97. The summed E-state index contributed by atoms with van der Waals surface area (Å²) in [4.78, 5) is 9.67. The van der Waals surface area contributed by atoms with Crippen LogP contribution in [0.1, 0.15) is 146 Å². The zero-order valence-corrected chi connectivity index (χ0v) is 37.4. The summed E-state index contributed by atoms with van der Waals surface area (Å²) < 4.78 is 34.9. The first-order chi connectivity index (χ1) is 27.3. The van der Waals surface area contributed by atoms with Gasteiger partial charge in [-0.3, -0.25) is 4.52 Å². The molecule has 0 fully saturated rings. The van der Waals surface area contributed by atoms with Crippen LogP contribution in [0.15, 0.2) is 78.9 Å². The molecule has 1 atom stereocenters. The van der Waals surface area contributed by atoms with E-state index in [0.29, 0.717) is 13.2 Å². The van der Waals surface area contributed by atoms with Crippen molar-refractivity contribution in [1.29, 1.82) is 0 Å². The van der Waals surface area contributed by atoms with Crippen molar-refractivity contribution in [1.82, 2.24) is 5.09 Å². The van der Waals surface area contributed by atoms with E-state index in [9.17, 15) is 9.46 Å². The molecule has 56 heavy (non-hydrogen) atoms. The largest absolute Gasteiger partial charge is 0.497 e. The Morgan fingerprint density at radius 3 is 1.34 bits per heavy atom. The first-order valence-corrected chi connectivity index (χ1v) is 25.4. The van der Waals surface area contributed by atoms with Crippen LogP contribution in [0.5, 0.6) is 11.5 Å². The SMILES string of the molecule is COc1ccc(C(OCCCCCCCCCCCSSCCCCCCCCCCCOP(=O)(O)NC(C)C)(c2ccccc2)c2ccc(OC)cc2)cc1. The Kier molecular flexibility index (Phi) is 25.3. The summed E-state index contributed by atoms with van der Waals surface area (Å²) in [5.41, 5.74) is 2.53. The quantitative estimate of drug-likeness (QED) is 0.0264. The van der Waals surface area contributed by atoms with Gasteiger partial charge in [-0.2, -0.15) is 0 Å². The smallest absolute Gasteiger partial charge is 0.403 e. The van der Waals surface area contributed by atoms with Gasteiger partial charge in [-0.05, 0) is 80.5 Å². The molecule has 1 unspecified atom stereocenters. The molecule has 0 heterocycles. The molecule has 0 saturated heterocycles. The van der Waals surface area contributed by atoms with Crippen LogP contribution in [-0.2, 0) is 19.4 Å². The van der Waals surface area contributed by atoms with Crippen LogP contribution in [0.25, 0.3) is 0 Å². The fraction of sp³-hybridized carbons (Fsp3) is 0.609. The first-order valence-electron chi connectivity index (χ1n) is 21.3. The highest BCUT2D eigenvalue weighted by atomic mass is 33.1. The van der Waals surface area contributed by atoms with Crippen molar-refractivity contribution in [2.45, 2.75) is 141 Å². The number of hydrogen-bond acceptors (Lipinski definition) is 7. The van der Waals surface area contributed by atoms with Crippen molar-refractivity contribution in [3.8, 4) is 11.5 Å². The zero-order valence-electron chi connectivity index (χ0n) is 34.9. The molecule has 0 aliphatic carbocycles. The van der Waals surface area contributed by atoms with Crippen molar-refractivity contribution in [2.75, 3.05) is 38.9 Å². The van der Waals surface area contributed by atoms with Gasteiger partial charge >= 0.3 is 7.75 Å². The van der Waals surface area contributed by atoms with E-state index < -0.39 is 13.3 Å². The topological polar surface area (TPSA) is 86.3 Å². The first kappa shape index (κ1) is 48.4. The molecule has 3 aromatic rings. The van der Waals surface area contributed by atoms with E-state index in [0.717, 1.165) is 47.5 Å². The lowest BCUT2D eigenvalue weighted by molar-refractivity contribution is 0.0106. The monoisotopic (exact) mass is 829 g/mol. The van der Waals surface area contributed by atoms with E-state index in [1.807, 2.05) is 38.1 Å². The van der Waals surface area contributed by atoms with E-state index in [1.54, 1.807) is 14.2 Å². The van der Waals surface area contributed by atoms with Crippen molar-refractivity contribution < 1.29 is 28.2 Å². The molecule has 0 bridgehead atoms. The fourth-order valence-corrected chi connectivity index (χ4v) is 10.4. The highest BCUT2D eigenvalue weighted by molar-refractivity contribution is 8.76. The number of unbranched alkanes of at least 4 members (excludes halogenated alkanes) is 16. The second kappa shape index (κ2) is 29.3. The van der Waals surface area contributed by atoms with Gasteiger partial charge in [0.2, 0.25) is 0 Å². The molecule has 10 heteroatoms. The van der Waals surface area contributed by atoms with Crippen LogP contribution in [0.4, 0.5) is 0 Å². The second-order valence-electron chi connectivity index (χ2n) is 15.0. The number of rotatable bonds is 34. The van der Waals surface area contributed by atoms with E-state index in [1.165, 1.54) is 108 Å². The molecule has 2 N–H and O–H groups in total. The Hall–Kier alpha value is -1.97. The summed E-state index contributed by atoms with van der Waals surface area (Å²) in [5.74, 6) is 4.21. The highest BCUT2D eigenvalue weighted by Gasteiger charge is 2.37. The van der Waals surface area contributed by atoms with Gasteiger partial charge in [0, 0.05) is 24.2 Å². The minimum Gasteiger partial charge on any atom is -0.497 e. The lowest BCUT2D eigenvalue weighted by Crippen LogP contribution is -2.33. The summed E-state index contributed by atoms with van der Waals surface area (Å²) in [7, 11) is 3.90. The highest BCUT2D eigenvalue weighted by Crippen LogP contribution is 2.42. The van der Waals surface area contributed by atoms with E-state index in [4.69, 9.17) is 18.7 Å². The third kappa shape index (κ3) is 19.2. The molecule has 0 radical (unpaired) electrons. The van der Waals surface area contributed by atoms with Crippen LogP contribution < -0.4 is 14.6 Å². The maximum absolute atomic E-state index is 11.8. The van der Waals surface area contributed by atoms with Crippen LogP contribution >= 0.6 is 29.3 Å². The molecule has 0 aromatic heterocycles. The standard InChI is InChI=1S/C46H72NO6PS2/c1-40(2)47-54(48,49)53-37-23-16-12-8-6-10-14-18-25-39-56-55-38-24-17-13-9-5-7-11-15-22-36-52-46(41-26-20-19-21-27-41,42-28-32-44(50-3)33-29-42)43-30-34-45(51-4)35-31-43/h19-21,26-35,40H,5-18,22-25,36-39H2,1-4H3,(H2,47,48,49). The van der Waals surface area contributed by atoms with Crippen molar-refractivity contribution in [3.05, 3.63) is 95.6 Å². The number of hydrogen-bond donors (Lipinski definition) is 2. The number of methoxy groups -OCH3 is 2. The molecular formula is C46H72NO6PS2. The van der Waals surface area contributed by atoms with Crippen molar-refractivity contribution in [2.24, 2.45) is 0 Å².